The van der Waals surface area contributed by atoms with Crippen LogP contribution in [0.25, 0.3) is 10.2 Å². The zero-order chi connectivity index (χ0) is 25.9. The number of aromatic amines is 1. The van der Waals surface area contributed by atoms with Crippen molar-refractivity contribution in [1.82, 2.24) is 20.2 Å². The summed E-state index contributed by atoms with van der Waals surface area (Å²) in [5, 5.41) is 3.58. The number of rotatable bonds is 7. The minimum absolute atomic E-state index is 0.0578. The second-order valence-corrected chi connectivity index (χ2v) is 10.6. The number of hydrogen-bond donors (Lipinski definition) is 3. The van der Waals surface area contributed by atoms with Gasteiger partial charge >= 0.3 is 0 Å². The lowest BCUT2D eigenvalue weighted by Crippen LogP contribution is -2.34. The van der Waals surface area contributed by atoms with Gasteiger partial charge in [-0.05, 0) is 54.4 Å². The van der Waals surface area contributed by atoms with Gasteiger partial charge in [0.1, 0.15) is 10.5 Å². The number of thiophene rings is 1. The molecule has 10 heteroatoms. The van der Waals surface area contributed by atoms with Crippen molar-refractivity contribution < 1.29 is 14.3 Å². The van der Waals surface area contributed by atoms with Gasteiger partial charge in [-0.15, -0.1) is 11.3 Å². The van der Waals surface area contributed by atoms with Crippen LogP contribution < -0.4 is 16.6 Å². The number of fused-ring (bicyclic) bond motifs is 4. The zero-order valence-corrected chi connectivity index (χ0v) is 22.1. The second-order valence-electron chi connectivity index (χ2n) is 9.56. The standard InChI is InChI=1S/C27H33N5O4S/c1-35-15-20(23(28)36-2)32-11-10-17-9-8-16(12-18(17)14-32)13-29-26(34)24-30-25(33)22-19-6-4-3-5-7-21(19)37-27(22)31-24/h8-9,12H,3-7,10-11,13-15,28H2,1-2H3,(H,29,34)(H,30,31,33)/b23-20+. The summed E-state index contributed by atoms with van der Waals surface area (Å²) in [6.07, 6.45) is 6.16. The van der Waals surface area contributed by atoms with Crippen molar-refractivity contribution in [1.29, 1.82) is 0 Å². The average Bonchev–Trinajstić information content (AvgIpc) is 3.11. The fourth-order valence-electron chi connectivity index (χ4n) is 5.24. The molecular weight excluding hydrogens is 490 g/mol. The molecule has 3 heterocycles. The molecule has 0 saturated carbocycles. The third-order valence-electron chi connectivity index (χ3n) is 7.19. The number of carbonyl (C=O) groups is 1. The average molecular weight is 524 g/mol. The Morgan fingerprint density at radius 2 is 2.03 bits per heavy atom. The van der Waals surface area contributed by atoms with E-state index in [1.165, 1.54) is 22.4 Å². The van der Waals surface area contributed by atoms with Crippen molar-refractivity contribution >= 4 is 27.5 Å². The molecule has 5 rings (SSSR count). The molecule has 0 atom stereocenters. The van der Waals surface area contributed by atoms with Crippen LogP contribution in [0.4, 0.5) is 0 Å². The van der Waals surface area contributed by atoms with Crippen molar-refractivity contribution in [2.45, 2.75) is 51.6 Å². The highest BCUT2D eigenvalue weighted by Gasteiger charge is 2.23. The van der Waals surface area contributed by atoms with Gasteiger partial charge in [0.05, 0.1) is 19.1 Å². The van der Waals surface area contributed by atoms with Crippen LogP contribution in [0.1, 0.15) is 57.0 Å². The number of hydrogen-bond acceptors (Lipinski definition) is 8. The predicted molar refractivity (Wildman–Crippen MR) is 143 cm³/mol. The summed E-state index contributed by atoms with van der Waals surface area (Å²) in [5.41, 5.74) is 11.2. The molecule has 1 amide bonds. The van der Waals surface area contributed by atoms with E-state index < -0.39 is 0 Å². The maximum atomic E-state index is 12.9. The lowest BCUT2D eigenvalue weighted by atomic mass is 9.97. The van der Waals surface area contributed by atoms with Crippen molar-refractivity contribution in [2.75, 3.05) is 27.4 Å². The molecule has 37 heavy (non-hydrogen) atoms. The first-order valence-electron chi connectivity index (χ1n) is 12.7. The molecule has 3 aromatic rings. The molecule has 0 radical (unpaired) electrons. The zero-order valence-electron chi connectivity index (χ0n) is 21.3. The van der Waals surface area contributed by atoms with Gasteiger partial charge in [-0.25, -0.2) is 4.98 Å². The number of nitrogens with two attached hydrogens (primary N) is 1. The molecule has 0 bridgehead atoms. The van der Waals surface area contributed by atoms with E-state index in [0.717, 1.165) is 55.5 Å². The van der Waals surface area contributed by atoms with Crippen LogP contribution in [0.5, 0.6) is 0 Å². The third-order valence-corrected chi connectivity index (χ3v) is 8.38. The van der Waals surface area contributed by atoms with E-state index in [1.807, 2.05) is 6.07 Å². The van der Waals surface area contributed by atoms with E-state index in [2.05, 4.69) is 32.3 Å². The lowest BCUT2D eigenvalue weighted by molar-refractivity contribution is 0.0940. The molecule has 0 saturated heterocycles. The highest BCUT2D eigenvalue weighted by atomic mass is 32.1. The van der Waals surface area contributed by atoms with Gasteiger partial charge in [0.15, 0.2) is 0 Å². The Labute approximate surface area is 219 Å². The van der Waals surface area contributed by atoms with E-state index in [-0.39, 0.29) is 17.3 Å². The summed E-state index contributed by atoms with van der Waals surface area (Å²) in [5.74, 6) is 0.0249. The quantitative estimate of drug-likeness (QED) is 0.321. The number of nitrogens with one attached hydrogen (secondary N) is 2. The van der Waals surface area contributed by atoms with Crippen LogP contribution in [-0.2, 0) is 41.8 Å². The van der Waals surface area contributed by atoms with Gasteiger partial charge in [-0.2, -0.15) is 0 Å². The first-order valence-corrected chi connectivity index (χ1v) is 13.5. The van der Waals surface area contributed by atoms with E-state index in [0.29, 0.717) is 35.8 Å². The monoisotopic (exact) mass is 523 g/mol. The summed E-state index contributed by atoms with van der Waals surface area (Å²) < 4.78 is 10.6. The van der Waals surface area contributed by atoms with Gasteiger partial charge in [0.2, 0.25) is 11.7 Å². The molecule has 196 valence electrons. The summed E-state index contributed by atoms with van der Waals surface area (Å²) in [6, 6.07) is 6.24. The fraction of sp³-hybridized carbons (Fsp3) is 0.444. The molecule has 0 spiro atoms. The van der Waals surface area contributed by atoms with Crippen LogP contribution in [0.2, 0.25) is 0 Å². The molecule has 0 unspecified atom stereocenters. The van der Waals surface area contributed by atoms with Crippen molar-refractivity contribution in [3.8, 4) is 0 Å². The van der Waals surface area contributed by atoms with Crippen molar-refractivity contribution in [3.63, 3.8) is 0 Å². The topological polar surface area (TPSA) is 123 Å². The molecule has 1 aliphatic heterocycles. The minimum Gasteiger partial charge on any atom is -0.481 e. The van der Waals surface area contributed by atoms with Gasteiger partial charge < -0.3 is 30.4 Å². The van der Waals surface area contributed by atoms with Crippen molar-refractivity contribution in [3.05, 3.63) is 73.1 Å². The highest BCUT2D eigenvalue weighted by molar-refractivity contribution is 7.18. The Morgan fingerprint density at radius 3 is 2.84 bits per heavy atom. The summed E-state index contributed by atoms with van der Waals surface area (Å²) in [4.78, 5) is 37.1. The smallest absolute Gasteiger partial charge is 0.287 e. The van der Waals surface area contributed by atoms with Crippen molar-refractivity contribution in [2.24, 2.45) is 5.73 Å². The van der Waals surface area contributed by atoms with E-state index in [1.54, 1.807) is 25.6 Å². The Balaban J connectivity index is 1.30. The van der Waals surface area contributed by atoms with Crippen LogP contribution in [0.3, 0.4) is 0 Å². The summed E-state index contributed by atoms with van der Waals surface area (Å²) >= 11 is 1.55. The number of aryl methyl sites for hydroxylation is 2. The molecular formula is C27H33N5O4S. The SMILES string of the molecule is COC/C(=C(/N)OC)N1CCc2ccc(CNC(=O)c3nc4sc5c(c4c(=O)[nH]3)CCCCC5)cc2C1. The number of methoxy groups -OCH3 is 2. The minimum atomic E-state index is -0.389. The summed E-state index contributed by atoms with van der Waals surface area (Å²) in [6.45, 7) is 2.19. The fourth-order valence-corrected chi connectivity index (χ4v) is 6.50. The first-order chi connectivity index (χ1) is 18.0. The van der Waals surface area contributed by atoms with E-state index >= 15 is 0 Å². The molecule has 1 aromatic carbocycles. The van der Waals surface area contributed by atoms with Gasteiger partial charge in [0, 0.05) is 31.6 Å². The van der Waals surface area contributed by atoms with E-state index in [9.17, 15) is 9.59 Å². The largest absolute Gasteiger partial charge is 0.481 e. The molecule has 1 aliphatic carbocycles. The Morgan fingerprint density at radius 1 is 1.19 bits per heavy atom. The molecule has 4 N–H and O–H groups in total. The molecule has 2 aromatic heterocycles. The van der Waals surface area contributed by atoms with Gasteiger partial charge in [-0.1, -0.05) is 24.6 Å². The molecule has 9 nitrogen and oxygen atoms in total. The maximum Gasteiger partial charge on any atom is 0.287 e. The lowest BCUT2D eigenvalue weighted by Gasteiger charge is -2.33. The van der Waals surface area contributed by atoms with E-state index in [4.69, 9.17) is 15.2 Å². The summed E-state index contributed by atoms with van der Waals surface area (Å²) in [7, 11) is 3.19. The second kappa shape index (κ2) is 10.9. The van der Waals surface area contributed by atoms with Crippen LogP contribution in [-0.4, -0.2) is 48.1 Å². The Bertz CT molecular complexity index is 1410. The number of nitrogens with zero attached hydrogens (tertiary/aromatic N) is 2. The Hall–Kier alpha value is -3.37. The number of benzene rings is 1. The van der Waals surface area contributed by atoms with Gasteiger partial charge in [0.25, 0.3) is 11.5 Å². The number of amides is 1. The molecule has 0 fully saturated rings. The third kappa shape index (κ3) is 5.21. The van der Waals surface area contributed by atoms with Crippen LogP contribution >= 0.6 is 11.3 Å². The number of carbonyl (C=O) groups excluding carboxylic acids is 1. The Kier molecular flexibility index (Phi) is 7.48. The predicted octanol–water partition coefficient (Wildman–Crippen LogP) is 2.96. The number of H-pyrrole nitrogens is 1. The number of aromatic nitrogens is 2. The maximum absolute atomic E-state index is 12.9. The van der Waals surface area contributed by atoms with Crippen LogP contribution in [0.15, 0.2) is 34.6 Å². The first kappa shape index (κ1) is 25.3. The van der Waals surface area contributed by atoms with Crippen LogP contribution in [0, 0.1) is 0 Å². The number of ether oxygens (including phenoxy) is 2. The molecule has 2 aliphatic rings. The normalized spacial score (nSPS) is 16.0. The highest BCUT2D eigenvalue weighted by Crippen LogP contribution is 2.32. The van der Waals surface area contributed by atoms with Gasteiger partial charge in [-0.3, -0.25) is 9.59 Å².